The van der Waals surface area contributed by atoms with Gasteiger partial charge in [0.05, 0.1) is 6.33 Å². The zero-order chi connectivity index (χ0) is 15.5. The molecule has 0 bridgehead atoms. The summed E-state index contributed by atoms with van der Waals surface area (Å²) >= 11 is 0. The first-order valence-corrected chi connectivity index (χ1v) is 7.98. The summed E-state index contributed by atoms with van der Waals surface area (Å²) in [6, 6.07) is 0. The van der Waals surface area contributed by atoms with Crippen molar-refractivity contribution in [2.24, 2.45) is 11.8 Å². The first kappa shape index (κ1) is 15.2. The summed E-state index contributed by atoms with van der Waals surface area (Å²) < 4.78 is 2.06. The van der Waals surface area contributed by atoms with Gasteiger partial charge in [0.1, 0.15) is 6.33 Å². The summed E-state index contributed by atoms with van der Waals surface area (Å²) in [5.74, 6) is 7.67. The lowest BCUT2D eigenvalue weighted by molar-refractivity contribution is 0.386. The molecule has 1 aliphatic carbocycles. The molecule has 0 unspecified atom stereocenters. The molecule has 2 heterocycles. The highest BCUT2D eigenvalue weighted by Crippen LogP contribution is 2.27. The number of fused-ring (bicyclic) bond motifs is 1. The van der Waals surface area contributed by atoms with Crippen molar-refractivity contribution in [1.82, 2.24) is 24.4 Å². The maximum absolute atomic E-state index is 6.26. The van der Waals surface area contributed by atoms with Gasteiger partial charge in [0, 0.05) is 19.6 Å². The number of aromatic nitrogens is 4. The molecule has 0 atom stereocenters. The maximum Gasteiger partial charge on any atom is 0.174 e. The van der Waals surface area contributed by atoms with Gasteiger partial charge in [0.2, 0.25) is 0 Å². The van der Waals surface area contributed by atoms with Crippen LogP contribution in [0.4, 0.5) is 5.82 Å². The van der Waals surface area contributed by atoms with E-state index in [1.165, 1.54) is 25.7 Å². The Hall–Kier alpha value is -1.73. The number of nitrogens with zero attached hydrogens (tertiary/aromatic N) is 6. The van der Waals surface area contributed by atoms with Gasteiger partial charge in [0.15, 0.2) is 17.0 Å². The Balaban J connectivity index is 1.80. The van der Waals surface area contributed by atoms with E-state index in [9.17, 15) is 0 Å². The smallest absolute Gasteiger partial charge is 0.174 e. The predicted octanol–water partition coefficient (Wildman–Crippen LogP) is 1.26. The van der Waals surface area contributed by atoms with Crippen molar-refractivity contribution in [3.8, 4) is 0 Å². The lowest BCUT2D eigenvalue weighted by atomic mass is 10.1. The summed E-state index contributed by atoms with van der Waals surface area (Å²) in [7, 11) is 4.12. The Morgan fingerprint density at radius 3 is 2.73 bits per heavy atom. The third-order valence-corrected chi connectivity index (χ3v) is 4.37. The zero-order valence-electron chi connectivity index (χ0n) is 13.4. The first-order chi connectivity index (χ1) is 10.6. The van der Waals surface area contributed by atoms with Crippen LogP contribution in [0.15, 0.2) is 12.7 Å². The predicted molar refractivity (Wildman–Crippen MR) is 87.4 cm³/mol. The van der Waals surface area contributed by atoms with Crippen molar-refractivity contribution in [3.63, 3.8) is 0 Å². The van der Waals surface area contributed by atoms with Crippen molar-refractivity contribution in [3.05, 3.63) is 12.7 Å². The molecule has 7 nitrogen and oxygen atoms in total. The molecule has 2 N–H and O–H groups in total. The molecule has 1 fully saturated rings. The van der Waals surface area contributed by atoms with Gasteiger partial charge in [0.25, 0.3) is 0 Å². The number of hydrazine groups is 1. The quantitative estimate of drug-likeness (QED) is 0.639. The lowest BCUT2D eigenvalue weighted by Crippen LogP contribution is -2.36. The molecular formula is C15H25N7. The highest BCUT2D eigenvalue weighted by molar-refractivity contribution is 5.82. The van der Waals surface area contributed by atoms with Crippen molar-refractivity contribution in [1.29, 1.82) is 0 Å². The molecule has 1 saturated carbocycles. The van der Waals surface area contributed by atoms with Crippen LogP contribution in [0.3, 0.4) is 0 Å². The van der Waals surface area contributed by atoms with Crippen LogP contribution in [0.1, 0.15) is 25.7 Å². The second-order valence-corrected chi connectivity index (χ2v) is 6.41. The van der Waals surface area contributed by atoms with Crippen LogP contribution in [0.25, 0.3) is 11.2 Å². The molecular weight excluding hydrogens is 278 g/mol. The lowest BCUT2D eigenvalue weighted by Gasteiger charge is -2.21. The largest absolute Gasteiger partial charge is 0.314 e. The van der Waals surface area contributed by atoms with E-state index in [1.807, 2.05) is 6.33 Å². The Kier molecular flexibility index (Phi) is 4.54. The Bertz CT molecular complexity index is 615. The van der Waals surface area contributed by atoms with Crippen LogP contribution in [0.2, 0.25) is 0 Å². The molecule has 120 valence electrons. The molecule has 0 aliphatic heterocycles. The third-order valence-electron chi connectivity index (χ3n) is 4.37. The topological polar surface area (TPSA) is 76.1 Å². The van der Waals surface area contributed by atoms with Gasteiger partial charge in [-0.2, -0.15) is 0 Å². The first-order valence-electron chi connectivity index (χ1n) is 7.98. The van der Waals surface area contributed by atoms with E-state index in [2.05, 4.69) is 38.5 Å². The molecule has 2 aromatic rings. The average Bonchev–Trinajstić information content (AvgIpc) is 3.13. The summed E-state index contributed by atoms with van der Waals surface area (Å²) in [5, 5.41) is 1.75. The number of imidazole rings is 1. The van der Waals surface area contributed by atoms with E-state index in [4.69, 9.17) is 5.84 Å². The molecule has 0 spiro atoms. The van der Waals surface area contributed by atoms with Crippen molar-refractivity contribution in [2.45, 2.75) is 32.2 Å². The number of anilines is 1. The highest BCUT2D eigenvalue weighted by Gasteiger charge is 2.20. The van der Waals surface area contributed by atoms with Gasteiger partial charge in [-0.15, -0.1) is 0 Å². The van der Waals surface area contributed by atoms with Crippen LogP contribution in [0, 0.1) is 5.92 Å². The fourth-order valence-electron chi connectivity index (χ4n) is 3.11. The SMILES string of the molecule is CN(C)CCn1cnc2c(N(N)CC3CCCC3)ncnc21. The number of likely N-dealkylation sites (N-methyl/N-ethyl adjacent to an activating group) is 1. The minimum absolute atomic E-state index is 0.672. The van der Waals surface area contributed by atoms with Gasteiger partial charge >= 0.3 is 0 Å². The maximum atomic E-state index is 6.26. The van der Waals surface area contributed by atoms with Gasteiger partial charge in [-0.1, -0.05) is 12.8 Å². The number of hydrogen-bond acceptors (Lipinski definition) is 6. The van der Waals surface area contributed by atoms with Crippen molar-refractivity contribution < 1.29 is 0 Å². The molecule has 0 aromatic carbocycles. The third kappa shape index (κ3) is 3.20. The number of hydrogen-bond donors (Lipinski definition) is 1. The Morgan fingerprint density at radius 1 is 1.23 bits per heavy atom. The number of rotatable bonds is 6. The second kappa shape index (κ2) is 6.58. The van der Waals surface area contributed by atoms with E-state index in [1.54, 1.807) is 11.3 Å². The molecule has 0 saturated heterocycles. The van der Waals surface area contributed by atoms with Crippen LogP contribution >= 0.6 is 0 Å². The average molecular weight is 303 g/mol. The van der Waals surface area contributed by atoms with Crippen LogP contribution < -0.4 is 10.9 Å². The molecule has 0 amide bonds. The van der Waals surface area contributed by atoms with Gasteiger partial charge in [-0.3, -0.25) is 5.01 Å². The minimum atomic E-state index is 0.672. The normalized spacial score (nSPS) is 16.0. The Morgan fingerprint density at radius 2 is 2.00 bits per heavy atom. The molecule has 7 heteroatoms. The van der Waals surface area contributed by atoms with Crippen LogP contribution in [-0.2, 0) is 6.54 Å². The standard InChI is InChI=1S/C15H25N7/c1-20(2)7-8-21-11-19-13-14(21)17-10-18-15(13)22(16)9-12-5-3-4-6-12/h10-12H,3-9,16H2,1-2H3. The number of nitrogens with two attached hydrogens (primary N) is 1. The van der Waals surface area contributed by atoms with E-state index >= 15 is 0 Å². The molecule has 22 heavy (non-hydrogen) atoms. The van der Waals surface area contributed by atoms with Crippen LogP contribution in [0.5, 0.6) is 0 Å². The molecule has 3 rings (SSSR count). The fraction of sp³-hybridized carbons (Fsp3) is 0.667. The minimum Gasteiger partial charge on any atom is -0.314 e. The monoisotopic (exact) mass is 303 g/mol. The van der Waals surface area contributed by atoms with E-state index in [-0.39, 0.29) is 0 Å². The summed E-state index contributed by atoms with van der Waals surface area (Å²) in [6.45, 7) is 2.64. The van der Waals surface area contributed by atoms with E-state index < -0.39 is 0 Å². The zero-order valence-corrected chi connectivity index (χ0v) is 13.4. The van der Waals surface area contributed by atoms with Gasteiger partial charge in [-0.25, -0.2) is 20.8 Å². The second-order valence-electron chi connectivity index (χ2n) is 6.41. The highest BCUT2D eigenvalue weighted by atomic mass is 15.4. The fourth-order valence-corrected chi connectivity index (χ4v) is 3.11. The molecule has 1 aliphatic rings. The van der Waals surface area contributed by atoms with Crippen molar-refractivity contribution in [2.75, 3.05) is 32.2 Å². The molecule has 0 radical (unpaired) electrons. The molecule has 2 aromatic heterocycles. The summed E-state index contributed by atoms with van der Waals surface area (Å²) in [4.78, 5) is 15.4. The van der Waals surface area contributed by atoms with Gasteiger partial charge in [-0.05, 0) is 32.9 Å². The van der Waals surface area contributed by atoms with Crippen molar-refractivity contribution >= 4 is 17.0 Å². The summed E-state index contributed by atoms with van der Waals surface area (Å²) in [6.07, 6.45) is 8.57. The van der Waals surface area contributed by atoms with E-state index in [0.29, 0.717) is 5.92 Å². The summed E-state index contributed by atoms with van der Waals surface area (Å²) in [5.41, 5.74) is 1.65. The van der Waals surface area contributed by atoms with Crippen LogP contribution in [-0.4, -0.2) is 51.6 Å². The Labute approximate surface area is 131 Å². The van der Waals surface area contributed by atoms with E-state index in [0.717, 1.165) is 36.6 Å². The van der Waals surface area contributed by atoms with Gasteiger partial charge < -0.3 is 9.47 Å².